The summed E-state index contributed by atoms with van der Waals surface area (Å²) >= 11 is 0. The second-order valence-corrected chi connectivity index (χ2v) is 8.67. The van der Waals surface area contributed by atoms with E-state index in [4.69, 9.17) is 4.74 Å². The van der Waals surface area contributed by atoms with Crippen LogP contribution < -0.4 is 9.72 Å². The van der Waals surface area contributed by atoms with Gasteiger partial charge in [-0.1, -0.05) is 36.2 Å². The van der Waals surface area contributed by atoms with Crippen LogP contribution in [-0.2, 0) is 22.4 Å². The number of hydrogen-bond acceptors (Lipinski definition) is 5. The smallest absolute Gasteiger partial charge is 0.160 e. The number of ether oxygens (including phenoxy) is 1. The monoisotopic (exact) mass is 462 g/mol. The number of unbranched alkanes of at least 4 members (excludes halogenated alkanes) is 1. The topological polar surface area (TPSA) is 97.9 Å². The van der Waals surface area contributed by atoms with E-state index < -0.39 is 0 Å². The van der Waals surface area contributed by atoms with Crippen molar-refractivity contribution in [3.05, 3.63) is 77.6 Å². The van der Waals surface area contributed by atoms with Crippen molar-refractivity contribution in [2.24, 2.45) is 0 Å². The lowest BCUT2D eigenvalue weighted by molar-refractivity contribution is -0.127. The first-order valence-corrected chi connectivity index (χ1v) is 11.7. The minimum atomic E-state index is -0.0830. The molecule has 0 aliphatic rings. The molecule has 0 aliphatic carbocycles. The van der Waals surface area contributed by atoms with Crippen LogP contribution in [0.15, 0.2) is 60.9 Å². The zero-order valence-corrected chi connectivity index (χ0v) is 19.6. The number of ketones is 2. The van der Waals surface area contributed by atoms with Crippen LogP contribution >= 0.6 is 0 Å². The van der Waals surface area contributed by atoms with Crippen LogP contribution in [0.5, 0.6) is 17.2 Å². The molecule has 2 aromatic carbocycles. The Morgan fingerprint density at radius 2 is 1.79 bits per heavy atom. The van der Waals surface area contributed by atoms with Gasteiger partial charge in [0.1, 0.15) is 17.3 Å². The highest BCUT2D eigenvalue weighted by Crippen LogP contribution is 2.28. The Labute approximate surface area is 200 Å². The Bertz CT molecular complexity index is 1070. The zero-order chi connectivity index (χ0) is 24.3. The summed E-state index contributed by atoms with van der Waals surface area (Å²) in [6.45, 7) is 0. The number of hydrogen-bond donors (Lipinski definition) is 2. The fourth-order valence-corrected chi connectivity index (χ4v) is 4.18. The molecule has 6 nitrogen and oxygen atoms in total. The van der Waals surface area contributed by atoms with E-state index in [2.05, 4.69) is 4.98 Å². The average Bonchev–Trinajstić information content (AvgIpc) is 3.35. The quantitative estimate of drug-likeness (QED) is 0.255. The number of rotatable bonds is 14. The third kappa shape index (κ3) is 7.80. The van der Waals surface area contributed by atoms with Gasteiger partial charge in [-0.25, -0.2) is 0 Å². The normalized spacial score (nSPS) is 11.8. The lowest BCUT2D eigenvalue weighted by atomic mass is 9.88. The summed E-state index contributed by atoms with van der Waals surface area (Å²) < 4.78 is 5.10. The molecule has 1 atom stereocenters. The number of carbonyl (C=O) groups is 2. The molecule has 3 aromatic rings. The van der Waals surface area contributed by atoms with Gasteiger partial charge in [0.2, 0.25) is 0 Å². The van der Waals surface area contributed by atoms with Gasteiger partial charge >= 0.3 is 0 Å². The van der Waals surface area contributed by atoms with Crippen LogP contribution in [0.25, 0.3) is 0 Å². The summed E-state index contributed by atoms with van der Waals surface area (Å²) in [7, 11) is 1.48. The Kier molecular flexibility index (Phi) is 9.32. The second-order valence-electron chi connectivity index (χ2n) is 8.67. The highest BCUT2D eigenvalue weighted by molar-refractivity contribution is 5.99. The molecule has 2 N–H and O–H groups in total. The molecule has 3 rings (SSSR count). The van der Waals surface area contributed by atoms with E-state index in [9.17, 15) is 19.8 Å². The minimum absolute atomic E-state index is 0.0486. The van der Waals surface area contributed by atoms with Gasteiger partial charge in [0.05, 0.1) is 13.5 Å². The van der Waals surface area contributed by atoms with E-state index in [0.717, 1.165) is 42.4 Å². The second kappa shape index (κ2) is 12.6. The molecular weight excluding hydrogens is 430 g/mol. The SMILES string of the molecule is COc1cc(CCC(=O)CC(=O)C[C@H](CCCCc2cccc(O)c2)c2cc[n-]c2)ccc1O. The molecule has 1 aromatic heterocycles. The molecule has 1 heterocycles. The Morgan fingerprint density at radius 3 is 2.53 bits per heavy atom. The number of nitrogens with zero attached hydrogens (tertiary/aromatic N) is 1. The number of aromatic hydroxyl groups is 2. The number of benzene rings is 2. The van der Waals surface area contributed by atoms with Crippen molar-refractivity contribution in [1.29, 1.82) is 0 Å². The van der Waals surface area contributed by atoms with E-state index in [1.165, 1.54) is 7.11 Å². The molecule has 0 saturated heterocycles. The number of aromatic nitrogens is 1. The van der Waals surface area contributed by atoms with E-state index in [0.29, 0.717) is 18.6 Å². The number of carbonyl (C=O) groups excluding carboxylic acids is 2. The van der Waals surface area contributed by atoms with Crippen LogP contribution in [0.4, 0.5) is 0 Å². The summed E-state index contributed by atoms with van der Waals surface area (Å²) in [5, 5.41) is 19.3. The van der Waals surface area contributed by atoms with Gasteiger partial charge in [0.25, 0.3) is 0 Å². The first-order valence-electron chi connectivity index (χ1n) is 11.7. The summed E-state index contributed by atoms with van der Waals surface area (Å²) in [6, 6.07) is 14.2. The van der Waals surface area contributed by atoms with E-state index in [1.54, 1.807) is 42.7 Å². The summed E-state index contributed by atoms with van der Waals surface area (Å²) in [6.07, 6.45) is 8.17. The molecule has 0 bridgehead atoms. The largest absolute Gasteiger partial charge is 0.670 e. The molecule has 0 saturated carbocycles. The lowest BCUT2D eigenvalue weighted by Crippen LogP contribution is -2.12. The molecule has 0 aliphatic heterocycles. The maximum atomic E-state index is 12.7. The first-order chi connectivity index (χ1) is 16.4. The van der Waals surface area contributed by atoms with E-state index in [-0.39, 0.29) is 41.8 Å². The predicted octanol–water partition coefficient (Wildman–Crippen LogP) is 5.11. The third-order valence-corrected chi connectivity index (χ3v) is 6.03. The molecule has 180 valence electrons. The highest BCUT2D eigenvalue weighted by Gasteiger charge is 2.18. The Balaban J connectivity index is 1.46. The molecule has 0 unspecified atom stereocenters. The van der Waals surface area contributed by atoms with Crippen molar-refractivity contribution in [3.8, 4) is 17.2 Å². The number of methoxy groups -OCH3 is 1. The average molecular weight is 463 g/mol. The van der Waals surface area contributed by atoms with Crippen LogP contribution in [-0.4, -0.2) is 28.9 Å². The van der Waals surface area contributed by atoms with Crippen molar-refractivity contribution in [3.63, 3.8) is 0 Å². The molecule has 6 heteroatoms. The number of phenols is 2. The summed E-state index contributed by atoms with van der Waals surface area (Å²) in [5.41, 5.74) is 3.01. The summed E-state index contributed by atoms with van der Waals surface area (Å²) in [4.78, 5) is 29.3. The molecular formula is C28H32NO5-. The van der Waals surface area contributed by atoms with Gasteiger partial charge in [0, 0.05) is 12.8 Å². The number of Topliss-reactive ketones (excluding diaryl/α,β-unsaturated/α-hetero) is 2. The van der Waals surface area contributed by atoms with E-state index >= 15 is 0 Å². The molecule has 0 amide bonds. The minimum Gasteiger partial charge on any atom is -0.670 e. The number of aryl methyl sites for hydroxylation is 2. The molecule has 0 fully saturated rings. The van der Waals surface area contributed by atoms with Crippen LogP contribution in [0.2, 0.25) is 0 Å². The predicted molar refractivity (Wildman–Crippen MR) is 130 cm³/mol. The summed E-state index contributed by atoms with van der Waals surface area (Å²) in [5.74, 6) is 0.623. The maximum Gasteiger partial charge on any atom is 0.160 e. The van der Waals surface area contributed by atoms with Crippen LogP contribution in [0.1, 0.15) is 61.1 Å². The fourth-order valence-electron chi connectivity index (χ4n) is 4.18. The van der Waals surface area contributed by atoms with E-state index in [1.807, 2.05) is 18.2 Å². The van der Waals surface area contributed by atoms with Crippen LogP contribution in [0.3, 0.4) is 0 Å². The first kappa shape index (κ1) is 25.1. The van der Waals surface area contributed by atoms with Gasteiger partial charge in [-0.15, -0.1) is 0 Å². The van der Waals surface area contributed by atoms with Gasteiger partial charge in [-0.05, 0) is 67.0 Å². The van der Waals surface area contributed by atoms with Crippen molar-refractivity contribution < 1.29 is 24.5 Å². The van der Waals surface area contributed by atoms with Crippen molar-refractivity contribution in [2.45, 2.75) is 57.3 Å². The fraction of sp³-hybridized carbons (Fsp3) is 0.357. The molecule has 0 radical (unpaired) electrons. The van der Waals surface area contributed by atoms with Crippen molar-refractivity contribution in [2.75, 3.05) is 7.11 Å². The zero-order valence-electron chi connectivity index (χ0n) is 19.6. The highest BCUT2D eigenvalue weighted by atomic mass is 16.5. The standard InChI is InChI=1S/C28H32NO5/c1-34-28-16-21(10-12-27(28)33)9-11-25(31)18-26(32)17-22(23-13-14-29-19-23)7-3-2-5-20-6-4-8-24(30)15-20/h4,6,8,10,12-16,19,22,30,33H,2-3,5,7,9,11,17-18H2,1H3/q-1/t22-/m0/s1. The van der Waals surface area contributed by atoms with Crippen molar-refractivity contribution in [1.82, 2.24) is 4.98 Å². The third-order valence-electron chi connectivity index (χ3n) is 6.03. The van der Waals surface area contributed by atoms with Gasteiger partial charge in [-0.3, -0.25) is 9.59 Å². The lowest BCUT2D eigenvalue weighted by Gasteiger charge is -2.16. The molecule has 0 spiro atoms. The Hall–Kier alpha value is -3.54. The molecule has 34 heavy (non-hydrogen) atoms. The maximum absolute atomic E-state index is 12.7. The van der Waals surface area contributed by atoms with Crippen LogP contribution in [0, 0.1) is 0 Å². The van der Waals surface area contributed by atoms with Gasteiger partial charge < -0.3 is 19.9 Å². The van der Waals surface area contributed by atoms with Gasteiger partial charge in [0.15, 0.2) is 11.5 Å². The Morgan fingerprint density at radius 1 is 0.971 bits per heavy atom. The van der Waals surface area contributed by atoms with Crippen molar-refractivity contribution >= 4 is 11.6 Å². The van der Waals surface area contributed by atoms with Gasteiger partial charge in [-0.2, -0.15) is 12.4 Å². The number of phenolic OH excluding ortho intramolecular Hbond substituents is 2.